The fourth-order valence-corrected chi connectivity index (χ4v) is 1.29. The largest absolute Gasteiger partial charge is 0.472 e. The molecule has 0 heterocycles. The lowest BCUT2D eigenvalue weighted by Crippen LogP contribution is -2.41. The second kappa shape index (κ2) is 7.07. The first-order chi connectivity index (χ1) is 8.10. The van der Waals surface area contributed by atoms with Gasteiger partial charge in [-0.05, 0) is 19.1 Å². The molecule has 0 bridgehead atoms. The molecule has 0 amide bonds. The lowest BCUT2D eigenvalue weighted by Gasteiger charge is -2.19. The van der Waals surface area contributed by atoms with Gasteiger partial charge in [-0.15, -0.1) is 0 Å². The highest BCUT2D eigenvalue weighted by molar-refractivity contribution is 8.23. The molecule has 0 aromatic heterocycles. The molecule has 0 aromatic carbocycles. The minimum Gasteiger partial charge on any atom is -0.472 e. The van der Waals surface area contributed by atoms with E-state index < -0.39 is 29.1 Å². The smallest absolute Gasteiger partial charge is 0.456 e. The van der Waals surface area contributed by atoms with Gasteiger partial charge in [-0.1, -0.05) is 11.8 Å². The Morgan fingerprint density at radius 3 is 2.22 bits per heavy atom. The van der Waals surface area contributed by atoms with Crippen LogP contribution in [0.5, 0.6) is 0 Å². The predicted molar refractivity (Wildman–Crippen MR) is 58.6 cm³/mol. The number of carbonyl (C=O) groups excluding carboxylic acids is 1. The van der Waals surface area contributed by atoms with Crippen LogP contribution in [0.3, 0.4) is 0 Å². The molecule has 0 aliphatic heterocycles. The first-order valence-electron chi connectivity index (χ1n) is 4.50. The number of thioether (sulfide) groups is 1. The second-order valence-electron chi connectivity index (χ2n) is 2.83. The SMILES string of the molecule is CCOC(=O)CSC(=S)OCC(F)(F)C(F)(F)F. The quantitative estimate of drug-likeness (QED) is 0.443. The summed E-state index contributed by atoms with van der Waals surface area (Å²) >= 11 is 4.89. The third-order valence-electron chi connectivity index (χ3n) is 1.40. The number of halogens is 5. The number of ether oxygens (including phenoxy) is 2. The molecular formula is C8H9F5O3S2. The van der Waals surface area contributed by atoms with Gasteiger partial charge in [-0.3, -0.25) is 4.79 Å². The number of esters is 1. The topological polar surface area (TPSA) is 35.5 Å². The molecule has 0 saturated heterocycles. The van der Waals surface area contributed by atoms with E-state index in [1.807, 2.05) is 0 Å². The molecule has 0 aliphatic carbocycles. The molecule has 0 aromatic rings. The zero-order chi connectivity index (χ0) is 14.4. The summed E-state index contributed by atoms with van der Waals surface area (Å²) in [6, 6.07) is 0. The maximum Gasteiger partial charge on any atom is 0.456 e. The molecule has 10 heteroatoms. The number of thiocarbonyl (C=S) groups is 1. The maximum absolute atomic E-state index is 12.4. The highest BCUT2D eigenvalue weighted by atomic mass is 32.2. The van der Waals surface area contributed by atoms with Crippen LogP contribution in [0.1, 0.15) is 6.92 Å². The molecule has 0 rings (SSSR count). The van der Waals surface area contributed by atoms with E-state index in [9.17, 15) is 26.7 Å². The summed E-state index contributed by atoms with van der Waals surface area (Å²) < 4.78 is 68.0. The van der Waals surface area contributed by atoms with Crippen LogP contribution in [0.25, 0.3) is 0 Å². The number of alkyl halides is 5. The molecule has 18 heavy (non-hydrogen) atoms. The Balaban J connectivity index is 4.01. The van der Waals surface area contributed by atoms with Gasteiger partial charge in [0, 0.05) is 0 Å². The van der Waals surface area contributed by atoms with Crippen molar-refractivity contribution in [3.05, 3.63) is 0 Å². The van der Waals surface area contributed by atoms with Crippen molar-refractivity contribution >= 4 is 34.3 Å². The molecular weight excluding hydrogens is 303 g/mol. The normalized spacial score (nSPS) is 12.1. The standard InChI is InChI=1S/C8H9F5O3S2/c1-2-15-5(14)3-18-6(17)16-4-7(9,10)8(11,12)13/h2-4H2,1H3. The fraction of sp³-hybridized carbons (Fsp3) is 0.750. The third kappa shape index (κ3) is 6.34. The summed E-state index contributed by atoms with van der Waals surface area (Å²) in [5.41, 5.74) is 0. The summed E-state index contributed by atoms with van der Waals surface area (Å²) in [5.74, 6) is -5.97. The van der Waals surface area contributed by atoms with Crippen LogP contribution in [0.4, 0.5) is 22.0 Å². The number of hydrogen-bond acceptors (Lipinski definition) is 5. The highest BCUT2D eigenvalue weighted by Crippen LogP contribution is 2.35. The number of rotatable bonds is 5. The molecule has 0 spiro atoms. The lowest BCUT2D eigenvalue weighted by molar-refractivity contribution is -0.290. The first-order valence-corrected chi connectivity index (χ1v) is 5.89. The van der Waals surface area contributed by atoms with Gasteiger partial charge in [0.05, 0.1) is 12.4 Å². The van der Waals surface area contributed by atoms with Crippen LogP contribution < -0.4 is 0 Å². The molecule has 0 atom stereocenters. The minimum atomic E-state index is -5.70. The van der Waals surface area contributed by atoms with Crippen molar-refractivity contribution in [1.29, 1.82) is 0 Å². The van der Waals surface area contributed by atoms with Crippen molar-refractivity contribution in [2.45, 2.75) is 19.0 Å². The van der Waals surface area contributed by atoms with Crippen LogP contribution in [0.15, 0.2) is 0 Å². The average Bonchev–Trinajstić information content (AvgIpc) is 2.22. The monoisotopic (exact) mass is 312 g/mol. The molecule has 0 radical (unpaired) electrons. The number of hydrogen-bond donors (Lipinski definition) is 0. The summed E-state index contributed by atoms with van der Waals surface area (Å²) in [7, 11) is 0. The average molecular weight is 312 g/mol. The van der Waals surface area contributed by atoms with Gasteiger partial charge in [-0.25, -0.2) is 0 Å². The molecule has 0 N–H and O–H groups in total. The van der Waals surface area contributed by atoms with Gasteiger partial charge < -0.3 is 9.47 Å². The molecule has 0 fully saturated rings. The van der Waals surface area contributed by atoms with Crippen molar-refractivity contribution in [2.24, 2.45) is 0 Å². The van der Waals surface area contributed by atoms with E-state index in [1.54, 1.807) is 6.92 Å². The Kier molecular flexibility index (Phi) is 6.82. The summed E-state index contributed by atoms with van der Waals surface area (Å²) in [4.78, 5) is 10.8. The zero-order valence-electron chi connectivity index (χ0n) is 9.05. The van der Waals surface area contributed by atoms with E-state index in [0.717, 1.165) is 0 Å². The van der Waals surface area contributed by atoms with E-state index in [4.69, 9.17) is 0 Å². The predicted octanol–water partition coefficient (Wildman–Crippen LogP) is 2.78. The van der Waals surface area contributed by atoms with Crippen LogP contribution in [-0.4, -0.2) is 41.4 Å². The van der Waals surface area contributed by atoms with Crippen LogP contribution in [0.2, 0.25) is 0 Å². The van der Waals surface area contributed by atoms with Crippen molar-refractivity contribution in [3.63, 3.8) is 0 Å². The van der Waals surface area contributed by atoms with Crippen LogP contribution >= 0.6 is 24.0 Å². The van der Waals surface area contributed by atoms with Gasteiger partial charge in [-0.2, -0.15) is 22.0 Å². The van der Waals surface area contributed by atoms with Gasteiger partial charge in [0.25, 0.3) is 0 Å². The molecule has 106 valence electrons. The van der Waals surface area contributed by atoms with E-state index in [2.05, 4.69) is 21.7 Å². The zero-order valence-corrected chi connectivity index (χ0v) is 10.7. The van der Waals surface area contributed by atoms with E-state index in [0.29, 0.717) is 11.8 Å². The Hall–Kier alpha value is -0.640. The van der Waals surface area contributed by atoms with Crippen molar-refractivity contribution in [3.8, 4) is 0 Å². The van der Waals surface area contributed by atoms with E-state index in [1.165, 1.54) is 0 Å². The highest BCUT2D eigenvalue weighted by Gasteiger charge is 2.58. The molecule has 0 unspecified atom stereocenters. The van der Waals surface area contributed by atoms with Gasteiger partial charge in [0.15, 0.2) is 6.61 Å². The van der Waals surface area contributed by atoms with Gasteiger partial charge in [0.2, 0.25) is 4.38 Å². The van der Waals surface area contributed by atoms with E-state index >= 15 is 0 Å². The molecule has 3 nitrogen and oxygen atoms in total. The van der Waals surface area contributed by atoms with Crippen molar-refractivity contribution in [1.82, 2.24) is 0 Å². The lowest BCUT2D eigenvalue weighted by atomic mass is 10.3. The molecule has 0 saturated carbocycles. The van der Waals surface area contributed by atoms with Crippen molar-refractivity contribution < 1.29 is 36.2 Å². The van der Waals surface area contributed by atoms with Crippen LogP contribution in [0, 0.1) is 0 Å². The van der Waals surface area contributed by atoms with Gasteiger partial charge >= 0.3 is 18.1 Å². The maximum atomic E-state index is 12.4. The first kappa shape index (κ1) is 17.4. The summed E-state index contributed by atoms with van der Waals surface area (Å²) in [6.45, 7) is -0.231. The van der Waals surface area contributed by atoms with E-state index in [-0.39, 0.29) is 12.4 Å². The molecule has 0 aliphatic rings. The Labute approximate surface area is 109 Å². The summed E-state index contributed by atoms with van der Waals surface area (Å²) in [6.07, 6.45) is -5.70. The summed E-state index contributed by atoms with van der Waals surface area (Å²) in [5, 5.41) is 0. The Bertz CT molecular complexity index is 306. The fourth-order valence-electron chi connectivity index (χ4n) is 0.594. The number of carbonyl (C=O) groups is 1. The Morgan fingerprint density at radius 1 is 1.22 bits per heavy atom. The minimum absolute atomic E-state index is 0.124. The van der Waals surface area contributed by atoms with Crippen LogP contribution in [-0.2, 0) is 14.3 Å². The van der Waals surface area contributed by atoms with Gasteiger partial charge in [0.1, 0.15) is 0 Å². The van der Waals surface area contributed by atoms with Crippen molar-refractivity contribution in [2.75, 3.05) is 19.0 Å². The second-order valence-corrected chi connectivity index (χ2v) is 4.41. The Morgan fingerprint density at radius 2 is 1.78 bits per heavy atom. The third-order valence-corrected chi connectivity index (χ3v) is 2.60.